The maximum Gasteiger partial charge on any atom is 0.142 e. The van der Waals surface area contributed by atoms with Gasteiger partial charge in [-0.1, -0.05) is 12.1 Å². The second-order valence-corrected chi connectivity index (χ2v) is 8.12. The van der Waals surface area contributed by atoms with Crippen molar-refractivity contribution >= 4 is 17.6 Å². The van der Waals surface area contributed by atoms with E-state index in [4.69, 9.17) is 10.5 Å². The Labute approximate surface area is 154 Å². The van der Waals surface area contributed by atoms with Gasteiger partial charge in [0, 0.05) is 30.9 Å². The highest BCUT2D eigenvalue weighted by atomic mass is 32.2. The number of piperazine rings is 1. The van der Waals surface area contributed by atoms with Crippen LogP contribution >= 0.6 is 11.9 Å². The van der Waals surface area contributed by atoms with Crippen molar-refractivity contribution in [3.63, 3.8) is 0 Å². The van der Waals surface area contributed by atoms with E-state index >= 15 is 0 Å². The van der Waals surface area contributed by atoms with Gasteiger partial charge >= 0.3 is 0 Å². The van der Waals surface area contributed by atoms with E-state index in [9.17, 15) is 0 Å². The molecule has 1 saturated heterocycles. The fraction of sp³-hybridized carbons (Fsp3) is 0.400. The maximum absolute atomic E-state index is 6.25. The first-order chi connectivity index (χ1) is 11.9. The number of nitrogen functional groups attached to an aromatic ring is 1. The topological polar surface area (TPSA) is 50.5 Å². The minimum atomic E-state index is 0.473. The molecule has 2 aromatic rings. The molecule has 5 heteroatoms. The molecule has 4 nitrogen and oxygen atoms in total. The number of hydrogen-bond donors (Lipinski definition) is 2. The van der Waals surface area contributed by atoms with E-state index in [-0.39, 0.29) is 0 Å². The molecule has 0 aromatic heterocycles. The van der Waals surface area contributed by atoms with E-state index in [0.29, 0.717) is 12.1 Å². The summed E-state index contributed by atoms with van der Waals surface area (Å²) in [5.74, 6) is 1.75. The van der Waals surface area contributed by atoms with Gasteiger partial charge < -0.3 is 15.8 Å². The van der Waals surface area contributed by atoms with Gasteiger partial charge in [-0.2, -0.15) is 0 Å². The van der Waals surface area contributed by atoms with Crippen LogP contribution in [0.3, 0.4) is 0 Å². The highest BCUT2D eigenvalue weighted by molar-refractivity contribution is 7.97. The summed E-state index contributed by atoms with van der Waals surface area (Å²) in [5.41, 5.74) is 9.11. The third kappa shape index (κ3) is 4.69. The number of anilines is 1. The van der Waals surface area contributed by atoms with Crippen molar-refractivity contribution in [2.45, 2.75) is 44.7 Å². The van der Waals surface area contributed by atoms with Gasteiger partial charge in [0.1, 0.15) is 11.5 Å². The minimum absolute atomic E-state index is 0.473. The number of nitrogens with zero attached hydrogens (tertiary/aromatic N) is 1. The summed E-state index contributed by atoms with van der Waals surface area (Å²) < 4.78 is 8.64. The van der Waals surface area contributed by atoms with Crippen molar-refractivity contribution in [2.24, 2.45) is 0 Å². The first kappa shape index (κ1) is 18.1. The monoisotopic (exact) mass is 357 g/mol. The van der Waals surface area contributed by atoms with Crippen molar-refractivity contribution in [3.8, 4) is 11.5 Å². The van der Waals surface area contributed by atoms with Crippen LogP contribution in [0.5, 0.6) is 11.5 Å². The smallest absolute Gasteiger partial charge is 0.142 e. The van der Waals surface area contributed by atoms with E-state index in [0.717, 1.165) is 40.7 Å². The van der Waals surface area contributed by atoms with E-state index in [2.05, 4.69) is 55.5 Å². The summed E-state index contributed by atoms with van der Waals surface area (Å²) in [7, 11) is 0. The lowest BCUT2D eigenvalue weighted by atomic mass is 10.1. The normalized spacial score (nSPS) is 21.3. The second kappa shape index (κ2) is 7.68. The summed E-state index contributed by atoms with van der Waals surface area (Å²) in [4.78, 5) is 1.06. The average molecular weight is 358 g/mol. The molecule has 0 aliphatic carbocycles. The van der Waals surface area contributed by atoms with Crippen LogP contribution in [0.1, 0.15) is 25.0 Å². The summed E-state index contributed by atoms with van der Waals surface area (Å²) >= 11 is 1.73. The van der Waals surface area contributed by atoms with Gasteiger partial charge in [-0.25, -0.2) is 4.31 Å². The van der Waals surface area contributed by atoms with Crippen LogP contribution in [0.2, 0.25) is 0 Å². The molecule has 3 rings (SSSR count). The Balaban J connectivity index is 1.84. The second-order valence-electron chi connectivity index (χ2n) is 6.98. The van der Waals surface area contributed by atoms with Gasteiger partial charge in [0.15, 0.2) is 0 Å². The molecule has 2 aromatic carbocycles. The Morgan fingerprint density at radius 2 is 1.76 bits per heavy atom. The van der Waals surface area contributed by atoms with Gasteiger partial charge in [-0.05, 0) is 75.0 Å². The number of nitrogens with two attached hydrogens (primary N) is 1. The van der Waals surface area contributed by atoms with Crippen LogP contribution in [0, 0.1) is 13.8 Å². The van der Waals surface area contributed by atoms with Crippen molar-refractivity contribution in [2.75, 3.05) is 18.8 Å². The molecule has 1 fully saturated rings. The third-order valence-corrected chi connectivity index (χ3v) is 5.35. The molecule has 0 radical (unpaired) electrons. The van der Waals surface area contributed by atoms with E-state index in [1.54, 1.807) is 11.9 Å². The molecule has 25 heavy (non-hydrogen) atoms. The summed E-state index contributed by atoms with van der Waals surface area (Å²) in [6, 6.07) is 13.1. The van der Waals surface area contributed by atoms with Crippen LogP contribution < -0.4 is 15.8 Å². The first-order valence-electron chi connectivity index (χ1n) is 8.74. The van der Waals surface area contributed by atoms with E-state index < -0.39 is 0 Å². The number of ether oxygens (including phenoxy) is 1. The van der Waals surface area contributed by atoms with Crippen LogP contribution in [0.25, 0.3) is 0 Å². The molecule has 1 heterocycles. The number of hydrogen-bond acceptors (Lipinski definition) is 5. The molecule has 0 spiro atoms. The quantitative estimate of drug-likeness (QED) is 0.629. The van der Waals surface area contributed by atoms with Gasteiger partial charge in [0.25, 0.3) is 0 Å². The number of benzene rings is 2. The number of aryl methyl sites for hydroxylation is 2. The lowest BCUT2D eigenvalue weighted by Gasteiger charge is -2.35. The molecule has 3 N–H and O–H groups in total. The van der Waals surface area contributed by atoms with Crippen molar-refractivity contribution in [1.82, 2.24) is 9.62 Å². The molecule has 2 unspecified atom stereocenters. The Morgan fingerprint density at radius 3 is 2.48 bits per heavy atom. The van der Waals surface area contributed by atoms with E-state index in [1.807, 2.05) is 18.2 Å². The summed E-state index contributed by atoms with van der Waals surface area (Å²) in [6.07, 6.45) is 0. The maximum atomic E-state index is 6.25. The lowest BCUT2D eigenvalue weighted by Crippen LogP contribution is -2.51. The Hall–Kier alpha value is -1.69. The zero-order valence-electron chi connectivity index (χ0n) is 15.4. The van der Waals surface area contributed by atoms with Crippen LogP contribution in [-0.4, -0.2) is 29.5 Å². The van der Waals surface area contributed by atoms with Crippen LogP contribution in [-0.2, 0) is 0 Å². The highest BCUT2D eigenvalue weighted by Crippen LogP contribution is 2.37. The molecule has 0 saturated carbocycles. The molecule has 1 aliphatic heterocycles. The number of nitrogens with one attached hydrogen (secondary N) is 1. The minimum Gasteiger partial charge on any atom is -0.456 e. The van der Waals surface area contributed by atoms with Crippen LogP contribution in [0.4, 0.5) is 5.69 Å². The average Bonchev–Trinajstić information content (AvgIpc) is 2.52. The predicted octanol–water partition coefficient (Wildman–Crippen LogP) is 4.37. The Morgan fingerprint density at radius 1 is 1.04 bits per heavy atom. The van der Waals surface area contributed by atoms with E-state index in [1.165, 1.54) is 5.56 Å². The Kier molecular flexibility index (Phi) is 5.57. The molecule has 134 valence electrons. The molecule has 1 aliphatic rings. The molecule has 2 atom stereocenters. The van der Waals surface area contributed by atoms with Crippen molar-refractivity contribution in [3.05, 3.63) is 47.5 Å². The SMILES string of the molecule is Cc1ccc(C)c(Oc2ccc(N)cc2SN2CC(C)NC(C)C2)c1. The van der Waals surface area contributed by atoms with Crippen molar-refractivity contribution in [1.29, 1.82) is 0 Å². The third-order valence-electron chi connectivity index (χ3n) is 4.28. The van der Waals surface area contributed by atoms with Gasteiger partial charge in [0.05, 0.1) is 4.90 Å². The van der Waals surface area contributed by atoms with Gasteiger partial charge in [0.2, 0.25) is 0 Å². The zero-order chi connectivity index (χ0) is 18.0. The highest BCUT2D eigenvalue weighted by Gasteiger charge is 2.23. The van der Waals surface area contributed by atoms with Crippen molar-refractivity contribution < 1.29 is 4.74 Å². The molecular formula is C20H27N3OS. The largest absolute Gasteiger partial charge is 0.456 e. The number of rotatable bonds is 4. The standard InChI is InChI=1S/C20H27N3OS/c1-13-5-6-14(2)19(9-13)24-18-8-7-17(21)10-20(18)25-23-11-15(3)22-16(4)12-23/h5-10,15-16,22H,11-12,21H2,1-4H3. The Bertz CT molecular complexity index is 740. The lowest BCUT2D eigenvalue weighted by molar-refractivity contribution is 0.280. The van der Waals surface area contributed by atoms with Crippen LogP contribution in [0.15, 0.2) is 41.3 Å². The summed E-state index contributed by atoms with van der Waals surface area (Å²) in [5, 5.41) is 3.56. The first-order valence-corrected chi connectivity index (χ1v) is 9.51. The van der Waals surface area contributed by atoms with Gasteiger partial charge in [-0.15, -0.1) is 0 Å². The zero-order valence-corrected chi connectivity index (χ0v) is 16.2. The fourth-order valence-electron chi connectivity index (χ4n) is 3.11. The predicted molar refractivity (Wildman–Crippen MR) is 106 cm³/mol. The van der Waals surface area contributed by atoms with Gasteiger partial charge in [-0.3, -0.25) is 0 Å². The summed E-state index contributed by atoms with van der Waals surface area (Å²) in [6.45, 7) is 10.6. The molecule has 0 bridgehead atoms. The fourth-order valence-corrected chi connectivity index (χ4v) is 4.37. The molecule has 0 amide bonds. The molecular weight excluding hydrogens is 330 g/mol.